The van der Waals surface area contributed by atoms with E-state index in [9.17, 15) is 8.78 Å². The van der Waals surface area contributed by atoms with E-state index < -0.39 is 5.83 Å². The van der Waals surface area contributed by atoms with E-state index in [2.05, 4.69) is 18.3 Å². The summed E-state index contributed by atoms with van der Waals surface area (Å²) in [6.07, 6.45) is 1.13. The van der Waals surface area contributed by atoms with Gasteiger partial charge in [0.15, 0.2) is 0 Å². The maximum absolute atomic E-state index is 13.9. The SMILES string of the molecule is C=NC(C/C(C(=C)OCCOC)=C(F)/C=C/F)C(C)C. The molecule has 0 radical (unpaired) electrons. The molecule has 114 valence electrons. The molecule has 0 aliphatic rings. The normalized spacial score (nSPS) is 14.3. The summed E-state index contributed by atoms with van der Waals surface area (Å²) in [5, 5.41) is 0. The lowest BCUT2D eigenvalue weighted by molar-refractivity contribution is 0.112. The number of halogens is 2. The lowest BCUT2D eigenvalue weighted by Crippen LogP contribution is -2.15. The van der Waals surface area contributed by atoms with E-state index in [0.717, 1.165) is 6.08 Å². The molecular weight excluding hydrogens is 264 g/mol. The first-order valence-corrected chi connectivity index (χ1v) is 6.40. The Morgan fingerprint density at radius 2 is 2.00 bits per heavy atom. The molecule has 0 bridgehead atoms. The van der Waals surface area contributed by atoms with E-state index in [1.54, 1.807) is 0 Å². The van der Waals surface area contributed by atoms with E-state index in [-0.39, 0.29) is 42.6 Å². The maximum atomic E-state index is 13.9. The van der Waals surface area contributed by atoms with Crippen molar-refractivity contribution < 1.29 is 18.3 Å². The summed E-state index contributed by atoms with van der Waals surface area (Å²) >= 11 is 0. The number of allylic oxidation sites excluding steroid dienone is 3. The lowest BCUT2D eigenvalue weighted by atomic mass is 9.95. The van der Waals surface area contributed by atoms with E-state index in [4.69, 9.17) is 9.47 Å². The lowest BCUT2D eigenvalue weighted by Gasteiger charge is -2.19. The van der Waals surface area contributed by atoms with Gasteiger partial charge in [-0.05, 0) is 12.6 Å². The van der Waals surface area contributed by atoms with Crippen LogP contribution < -0.4 is 0 Å². The smallest absolute Gasteiger partial charge is 0.132 e. The fourth-order valence-electron chi connectivity index (χ4n) is 1.56. The third-order valence-corrected chi connectivity index (χ3v) is 2.82. The van der Waals surface area contributed by atoms with Gasteiger partial charge in [0.1, 0.15) is 18.2 Å². The quantitative estimate of drug-likeness (QED) is 0.263. The molecule has 0 fully saturated rings. The number of nitrogens with zero attached hydrogens (tertiary/aromatic N) is 1. The average molecular weight is 287 g/mol. The number of aliphatic imine (C=N–C) groups is 1. The van der Waals surface area contributed by atoms with Gasteiger partial charge in [-0.1, -0.05) is 20.4 Å². The fraction of sp³-hybridized carbons (Fsp3) is 0.533. The minimum Gasteiger partial charge on any atom is -0.491 e. The zero-order valence-electron chi connectivity index (χ0n) is 12.4. The summed E-state index contributed by atoms with van der Waals surface area (Å²) in [5.74, 6) is -0.382. The zero-order valence-corrected chi connectivity index (χ0v) is 12.4. The molecule has 20 heavy (non-hydrogen) atoms. The first kappa shape index (κ1) is 18.5. The summed E-state index contributed by atoms with van der Waals surface area (Å²) in [6, 6.07) is -0.188. The van der Waals surface area contributed by atoms with Crippen LogP contribution in [0.2, 0.25) is 0 Å². The highest BCUT2D eigenvalue weighted by molar-refractivity contribution is 5.33. The standard InChI is InChI=1S/C15H23F2NO2/c1-11(2)15(18-4)10-13(14(17)6-7-16)12(3)20-9-8-19-5/h6-7,11,15H,3-4,8-10H2,1-2,5H3/b7-6+,14-13+. The van der Waals surface area contributed by atoms with Crippen LogP contribution in [-0.2, 0) is 9.47 Å². The monoisotopic (exact) mass is 287 g/mol. The molecule has 0 aromatic rings. The topological polar surface area (TPSA) is 30.8 Å². The minimum absolute atomic E-state index is 0.142. The molecule has 0 aromatic carbocycles. The van der Waals surface area contributed by atoms with Crippen molar-refractivity contribution in [1.82, 2.24) is 0 Å². The molecule has 0 rings (SSSR count). The van der Waals surface area contributed by atoms with Gasteiger partial charge < -0.3 is 9.47 Å². The van der Waals surface area contributed by atoms with Crippen LogP contribution in [0.1, 0.15) is 20.3 Å². The van der Waals surface area contributed by atoms with Crippen molar-refractivity contribution in [2.24, 2.45) is 10.9 Å². The van der Waals surface area contributed by atoms with E-state index in [0.29, 0.717) is 6.61 Å². The van der Waals surface area contributed by atoms with E-state index >= 15 is 0 Å². The molecule has 5 heteroatoms. The highest BCUT2D eigenvalue weighted by Gasteiger charge is 2.19. The molecule has 0 amide bonds. The van der Waals surface area contributed by atoms with Gasteiger partial charge in [-0.25, -0.2) is 8.78 Å². The van der Waals surface area contributed by atoms with Crippen LogP contribution in [0.4, 0.5) is 8.78 Å². The number of hydrogen-bond donors (Lipinski definition) is 0. The van der Waals surface area contributed by atoms with Crippen molar-refractivity contribution in [3.63, 3.8) is 0 Å². The Bertz CT molecular complexity index is 376. The Kier molecular flexibility index (Phi) is 9.55. The van der Waals surface area contributed by atoms with Crippen LogP contribution in [0.25, 0.3) is 0 Å². The first-order chi connectivity index (χ1) is 9.47. The third-order valence-electron chi connectivity index (χ3n) is 2.82. The van der Waals surface area contributed by atoms with Crippen LogP contribution in [0.15, 0.2) is 41.1 Å². The summed E-state index contributed by atoms with van der Waals surface area (Å²) in [6.45, 7) is 11.7. The van der Waals surface area contributed by atoms with Gasteiger partial charge in [-0.2, -0.15) is 0 Å². The van der Waals surface area contributed by atoms with Crippen molar-refractivity contribution in [3.05, 3.63) is 36.1 Å². The van der Waals surface area contributed by atoms with Crippen molar-refractivity contribution in [2.75, 3.05) is 20.3 Å². The van der Waals surface area contributed by atoms with Crippen molar-refractivity contribution >= 4 is 6.72 Å². The van der Waals surface area contributed by atoms with Crippen LogP contribution in [-0.4, -0.2) is 33.1 Å². The van der Waals surface area contributed by atoms with Gasteiger partial charge in [-0.15, -0.1) is 0 Å². The Hall–Kier alpha value is -1.49. The second-order valence-corrected chi connectivity index (χ2v) is 4.58. The number of ether oxygens (including phenoxy) is 2. The Morgan fingerprint density at radius 1 is 1.35 bits per heavy atom. The number of rotatable bonds is 10. The zero-order chi connectivity index (χ0) is 15.5. The number of hydrogen-bond acceptors (Lipinski definition) is 3. The number of methoxy groups -OCH3 is 1. The molecule has 3 nitrogen and oxygen atoms in total. The molecule has 0 aliphatic heterocycles. The van der Waals surface area contributed by atoms with Gasteiger partial charge in [0.25, 0.3) is 0 Å². The molecular formula is C15H23F2NO2. The van der Waals surface area contributed by atoms with Gasteiger partial charge >= 0.3 is 0 Å². The van der Waals surface area contributed by atoms with E-state index in [1.807, 2.05) is 13.8 Å². The van der Waals surface area contributed by atoms with Gasteiger partial charge in [0.05, 0.1) is 19.0 Å². The Balaban J connectivity index is 5.04. The minimum atomic E-state index is -0.718. The van der Waals surface area contributed by atoms with Crippen LogP contribution in [0.3, 0.4) is 0 Å². The summed E-state index contributed by atoms with van der Waals surface area (Å²) < 4.78 is 36.2. The molecule has 0 saturated carbocycles. The highest BCUT2D eigenvalue weighted by Crippen LogP contribution is 2.26. The van der Waals surface area contributed by atoms with Crippen LogP contribution >= 0.6 is 0 Å². The summed E-state index contributed by atoms with van der Waals surface area (Å²) in [5.41, 5.74) is 0.195. The third kappa shape index (κ3) is 6.61. The molecule has 1 unspecified atom stereocenters. The second kappa shape index (κ2) is 10.3. The van der Waals surface area contributed by atoms with E-state index in [1.165, 1.54) is 7.11 Å². The highest BCUT2D eigenvalue weighted by atomic mass is 19.1. The van der Waals surface area contributed by atoms with Gasteiger partial charge in [0, 0.05) is 25.2 Å². The van der Waals surface area contributed by atoms with Crippen molar-refractivity contribution in [1.29, 1.82) is 0 Å². The summed E-state index contributed by atoms with van der Waals surface area (Å²) in [4.78, 5) is 3.96. The maximum Gasteiger partial charge on any atom is 0.132 e. The molecule has 0 spiro atoms. The Morgan fingerprint density at radius 3 is 2.45 bits per heavy atom. The fourth-order valence-corrected chi connectivity index (χ4v) is 1.56. The van der Waals surface area contributed by atoms with Gasteiger partial charge in [-0.3, -0.25) is 4.99 Å². The molecule has 0 aromatic heterocycles. The molecule has 0 aliphatic carbocycles. The van der Waals surface area contributed by atoms with Crippen molar-refractivity contribution in [2.45, 2.75) is 26.3 Å². The van der Waals surface area contributed by atoms with Crippen LogP contribution in [0, 0.1) is 5.92 Å². The van der Waals surface area contributed by atoms with Crippen LogP contribution in [0.5, 0.6) is 0 Å². The predicted molar refractivity (Wildman–Crippen MR) is 78.1 cm³/mol. The molecule has 1 atom stereocenters. The second-order valence-electron chi connectivity index (χ2n) is 4.58. The largest absolute Gasteiger partial charge is 0.491 e. The Labute approximate surface area is 119 Å². The average Bonchev–Trinajstić information content (AvgIpc) is 2.39. The predicted octanol–water partition coefficient (Wildman–Crippen LogP) is 3.99. The first-order valence-electron chi connectivity index (χ1n) is 6.40. The van der Waals surface area contributed by atoms with Crippen molar-refractivity contribution in [3.8, 4) is 0 Å². The molecule has 0 saturated heterocycles. The molecule has 0 N–H and O–H groups in total. The summed E-state index contributed by atoms with van der Waals surface area (Å²) in [7, 11) is 1.53. The molecule has 0 heterocycles. The van der Waals surface area contributed by atoms with Gasteiger partial charge in [0.2, 0.25) is 0 Å².